The van der Waals surface area contributed by atoms with Crippen LogP contribution in [0.5, 0.6) is 0 Å². The standard InChI is InChI=1S/C14H22BrN/c1-5-14(16-11(4)10(2)3)12-7-6-8-13(15)9-12/h6-11,14,16H,5H2,1-4H3. The lowest BCUT2D eigenvalue weighted by Gasteiger charge is -2.25. The topological polar surface area (TPSA) is 12.0 Å². The molecule has 1 N–H and O–H groups in total. The molecule has 0 aromatic heterocycles. The Kier molecular flexibility index (Phi) is 5.50. The predicted molar refractivity (Wildman–Crippen MR) is 74.6 cm³/mol. The summed E-state index contributed by atoms with van der Waals surface area (Å²) in [4.78, 5) is 0. The summed E-state index contributed by atoms with van der Waals surface area (Å²) in [5, 5.41) is 3.69. The van der Waals surface area contributed by atoms with E-state index in [1.165, 1.54) is 5.56 Å². The van der Waals surface area contributed by atoms with E-state index in [1.807, 2.05) is 0 Å². The van der Waals surface area contributed by atoms with Crippen molar-refractivity contribution in [2.75, 3.05) is 0 Å². The van der Waals surface area contributed by atoms with Gasteiger partial charge in [-0.1, -0.05) is 48.8 Å². The van der Waals surface area contributed by atoms with Crippen LogP contribution >= 0.6 is 15.9 Å². The van der Waals surface area contributed by atoms with Gasteiger partial charge >= 0.3 is 0 Å². The van der Waals surface area contributed by atoms with Crippen LogP contribution in [0.3, 0.4) is 0 Å². The summed E-state index contributed by atoms with van der Waals surface area (Å²) in [6.07, 6.45) is 1.12. The SMILES string of the molecule is CCC(NC(C)C(C)C)c1cccc(Br)c1. The molecule has 0 radical (unpaired) electrons. The highest BCUT2D eigenvalue weighted by Crippen LogP contribution is 2.22. The van der Waals surface area contributed by atoms with Crippen LogP contribution in [0.4, 0.5) is 0 Å². The number of hydrogen-bond donors (Lipinski definition) is 1. The van der Waals surface area contributed by atoms with Crippen molar-refractivity contribution in [3.63, 3.8) is 0 Å². The fraction of sp³-hybridized carbons (Fsp3) is 0.571. The quantitative estimate of drug-likeness (QED) is 0.837. The van der Waals surface area contributed by atoms with Gasteiger partial charge in [-0.3, -0.25) is 0 Å². The zero-order chi connectivity index (χ0) is 12.1. The first kappa shape index (κ1) is 13.7. The van der Waals surface area contributed by atoms with Gasteiger partial charge in [0.05, 0.1) is 0 Å². The van der Waals surface area contributed by atoms with E-state index in [0.29, 0.717) is 18.0 Å². The van der Waals surface area contributed by atoms with Crippen molar-refractivity contribution < 1.29 is 0 Å². The van der Waals surface area contributed by atoms with E-state index in [0.717, 1.165) is 10.9 Å². The van der Waals surface area contributed by atoms with E-state index in [4.69, 9.17) is 0 Å². The van der Waals surface area contributed by atoms with Crippen LogP contribution in [-0.2, 0) is 0 Å². The molecule has 0 saturated carbocycles. The van der Waals surface area contributed by atoms with Crippen molar-refractivity contribution in [1.29, 1.82) is 0 Å². The molecule has 16 heavy (non-hydrogen) atoms. The molecule has 2 unspecified atom stereocenters. The van der Waals surface area contributed by atoms with E-state index in [9.17, 15) is 0 Å². The van der Waals surface area contributed by atoms with Gasteiger partial charge in [0.25, 0.3) is 0 Å². The van der Waals surface area contributed by atoms with E-state index in [1.54, 1.807) is 0 Å². The van der Waals surface area contributed by atoms with Crippen LogP contribution in [0.15, 0.2) is 28.7 Å². The summed E-state index contributed by atoms with van der Waals surface area (Å²) in [5.74, 6) is 0.668. The number of nitrogens with one attached hydrogen (secondary N) is 1. The van der Waals surface area contributed by atoms with Crippen LogP contribution in [-0.4, -0.2) is 6.04 Å². The lowest BCUT2D eigenvalue weighted by Crippen LogP contribution is -2.34. The van der Waals surface area contributed by atoms with Gasteiger partial charge in [0.1, 0.15) is 0 Å². The van der Waals surface area contributed by atoms with E-state index in [-0.39, 0.29) is 0 Å². The van der Waals surface area contributed by atoms with Gasteiger partial charge < -0.3 is 5.32 Å². The summed E-state index contributed by atoms with van der Waals surface area (Å²) < 4.78 is 1.16. The second-order valence-corrected chi connectivity index (χ2v) is 5.63. The van der Waals surface area contributed by atoms with Gasteiger partial charge in [-0.15, -0.1) is 0 Å². The number of rotatable bonds is 5. The molecule has 1 aromatic carbocycles. The second kappa shape index (κ2) is 6.41. The van der Waals surface area contributed by atoms with E-state index < -0.39 is 0 Å². The minimum absolute atomic E-state index is 0.454. The van der Waals surface area contributed by atoms with Crippen LogP contribution in [0.2, 0.25) is 0 Å². The molecule has 1 aromatic rings. The summed E-state index contributed by atoms with van der Waals surface area (Å²) in [7, 11) is 0. The number of benzene rings is 1. The third kappa shape index (κ3) is 3.91. The maximum absolute atomic E-state index is 3.69. The fourth-order valence-corrected chi connectivity index (χ4v) is 2.10. The maximum Gasteiger partial charge on any atom is 0.0320 e. The molecule has 2 atom stereocenters. The summed E-state index contributed by atoms with van der Waals surface area (Å²) in [6.45, 7) is 8.99. The molecule has 0 saturated heterocycles. The Morgan fingerprint density at radius 3 is 2.44 bits per heavy atom. The Morgan fingerprint density at radius 1 is 1.25 bits per heavy atom. The van der Waals surface area contributed by atoms with E-state index >= 15 is 0 Å². The van der Waals surface area contributed by atoms with Crippen LogP contribution in [0.25, 0.3) is 0 Å². The second-order valence-electron chi connectivity index (χ2n) is 4.72. The van der Waals surface area contributed by atoms with Gasteiger partial charge in [0, 0.05) is 16.6 Å². The molecule has 0 aliphatic rings. The van der Waals surface area contributed by atoms with Crippen molar-refractivity contribution in [3.05, 3.63) is 34.3 Å². The first-order valence-electron chi connectivity index (χ1n) is 6.06. The molecule has 0 aliphatic heterocycles. The molecule has 2 heteroatoms. The fourth-order valence-electron chi connectivity index (χ4n) is 1.68. The minimum atomic E-state index is 0.454. The highest BCUT2D eigenvalue weighted by molar-refractivity contribution is 9.10. The van der Waals surface area contributed by atoms with Crippen molar-refractivity contribution in [1.82, 2.24) is 5.32 Å². The zero-order valence-electron chi connectivity index (χ0n) is 10.6. The van der Waals surface area contributed by atoms with Crippen LogP contribution < -0.4 is 5.32 Å². The smallest absolute Gasteiger partial charge is 0.0320 e. The Labute approximate surface area is 108 Å². The third-order valence-corrected chi connectivity index (χ3v) is 3.62. The third-order valence-electron chi connectivity index (χ3n) is 3.12. The highest BCUT2D eigenvalue weighted by Gasteiger charge is 2.14. The molecular formula is C14H22BrN. The van der Waals surface area contributed by atoms with Gasteiger partial charge in [-0.2, -0.15) is 0 Å². The summed E-state index contributed by atoms with van der Waals surface area (Å²) in [6, 6.07) is 9.57. The average Bonchev–Trinajstić information content (AvgIpc) is 2.25. The molecule has 0 heterocycles. The predicted octanol–water partition coefficient (Wildman–Crippen LogP) is 4.53. The first-order valence-corrected chi connectivity index (χ1v) is 6.85. The van der Waals surface area contributed by atoms with E-state index in [2.05, 4.69) is 73.2 Å². The maximum atomic E-state index is 3.69. The molecule has 0 spiro atoms. The summed E-state index contributed by atoms with van der Waals surface area (Å²) >= 11 is 3.53. The monoisotopic (exact) mass is 283 g/mol. The summed E-state index contributed by atoms with van der Waals surface area (Å²) in [5.41, 5.74) is 1.37. The van der Waals surface area contributed by atoms with Crippen molar-refractivity contribution in [2.24, 2.45) is 5.92 Å². The molecule has 0 aliphatic carbocycles. The Balaban J connectivity index is 2.74. The largest absolute Gasteiger partial charge is 0.307 e. The zero-order valence-corrected chi connectivity index (χ0v) is 12.2. The molecular weight excluding hydrogens is 262 g/mol. The van der Waals surface area contributed by atoms with Gasteiger partial charge in [0.2, 0.25) is 0 Å². The van der Waals surface area contributed by atoms with Crippen LogP contribution in [0.1, 0.15) is 45.7 Å². The number of halogens is 1. The number of hydrogen-bond acceptors (Lipinski definition) is 1. The Bertz CT molecular complexity index is 322. The van der Waals surface area contributed by atoms with Gasteiger partial charge in [-0.25, -0.2) is 0 Å². The van der Waals surface area contributed by atoms with Gasteiger partial charge in [-0.05, 0) is 37.0 Å². The normalized spacial score (nSPS) is 15.1. The first-order chi connectivity index (χ1) is 7.54. The average molecular weight is 284 g/mol. The molecule has 1 rings (SSSR count). The highest BCUT2D eigenvalue weighted by atomic mass is 79.9. The molecule has 1 nitrogen and oxygen atoms in total. The molecule has 0 amide bonds. The molecule has 0 fully saturated rings. The molecule has 0 bridgehead atoms. The lowest BCUT2D eigenvalue weighted by atomic mass is 10.0. The van der Waals surface area contributed by atoms with Crippen molar-refractivity contribution in [2.45, 2.75) is 46.2 Å². The van der Waals surface area contributed by atoms with Crippen LogP contribution in [0, 0.1) is 5.92 Å². The van der Waals surface area contributed by atoms with Crippen molar-refractivity contribution in [3.8, 4) is 0 Å². The Hall–Kier alpha value is -0.340. The minimum Gasteiger partial charge on any atom is -0.307 e. The van der Waals surface area contributed by atoms with Gasteiger partial charge in [0.15, 0.2) is 0 Å². The Morgan fingerprint density at radius 2 is 1.94 bits per heavy atom. The van der Waals surface area contributed by atoms with Crippen molar-refractivity contribution >= 4 is 15.9 Å². The molecule has 90 valence electrons. The lowest BCUT2D eigenvalue weighted by molar-refractivity contribution is 0.370.